The third-order valence-corrected chi connectivity index (χ3v) is 4.82. The van der Waals surface area contributed by atoms with E-state index in [1.54, 1.807) is 62.3 Å². The number of fused-ring (bicyclic) bond motifs is 1. The SMILES string of the molecule is CC(C)[C@@H](CC#Cc1cnc2c(N(C(=O)OC(C)(C)C)C(=O)OC(C)(C)C)ccnn12)NC(=O)OC(C)(C)C. The monoisotopic (exact) mass is 543 g/mol. The Labute approximate surface area is 230 Å². The first-order chi connectivity index (χ1) is 17.8. The highest BCUT2D eigenvalue weighted by molar-refractivity contribution is 6.11. The number of rotatable bonds is 4. The predicted molar refractivity (Wildman–Crippen MR) is 147 cm³/mol. The van der Waals surface area contributed by atoms with Crippen LogP contribution in [0.15, 0.2) is 18.5 Å². The molecule has 0 spiro atoms. The molecule has 0 fully saturated rings. The Morgan fingerprint density at radius 1 is 0.949 bits per heavy atom. The molecule has 11 heteroatoms. The van der Waals surface area contributed by atoms with Crippen LogP contribution in [-0.4, -0.2) is 55.7 Å². The number of hydrogen-bond acceptors (Lipinski definition) is 8. The molecule has 1 N–H and O–H groups in total. The van der Waals surface area contributed by atoms with Gasteiger partial charge in [-0.15, -0.1) is 0 Å². The molecular weight excluding hydrogens is 502 g/mol. The molecule has 0 aliphatic carbocycles. The predicted octanol–water partition coefficient (Wildman–Crippen LogP) is 5.70. The first-order valence-corrected chi connectivity index (χ1v) is 12.8. The molecule has 1 atom stereocenters. The van der Waals surface area contributed by atoms with Crippen LogP contribution in [0, 0.1) is 17.8 Å². The summed E-state index contributed by atoms with van der Waals surface area (Å²) in [6, 6.07) is 1.23. The lowest BCUT2D eigenvalue weighted by Gasteiger charge is -2.28. The summed E-state index contributed by atoms with van der Waals surface area (Å²) in [5.74, 6) is 6.19. The third kappa shape index (κ3) is 9.78. The van der Waals surface area contributed by atoms with Crippen LogP contribution in [0.5, 0.6) is 0 Å². The number of ether oxygens (including phenoxy) is 3. The summed E-state index contributed by atoms with van der Waals surface area (Å²) in [6.07, 6.45) is 0.951. The van der Waals surface area contributed by atoms with Crippen LogP contribution < -0.4 is 10.2 Å². The molecule has 214 valence electrons. The summed E-state index contributed by atoms with van der Waals surface area (Å²) >= 11 is 0. The number of carbonyl (C=O) groups excluding carboxylic acids is 3. The summed E-state index contributed by atoms with van der Waals surface area (Å²) in [4.78, 5) is 43.6. The minimum atomic E-state index is -0.909. The minimum Gasteiger partial charge on any atom is -0.444 e. The smallest absolute Gasteiger partial charge is 0.424 e. The third-order valence-electron chi connectivity index (χ3n) is 4.82. The normalized spacial score (nSPS) is 12.8. The maximum absolute atomic E-state index is 13.1. The summed E-state index contributed by atoms with van der Waals surface area (Å²) in [5, 5.41) is 7.17. The van der Waals surface area contributed by atoms with E-state index in [1.807, 2.05) is 13.8 Å². The molecule has 2 heterocycles. The molecule has 0 bridgehead atoms. The van der Waals surface area contributed by atoms with Crippen LogP contribution in [-0.2, 0) is 14.2 Å². The van der Waals surface area contributed by atoms with Crippen molar-refractivity contribution in [3.8, 4) is 11.8 Å². The number of carbonyl (C=O) groups is 3. The highest BCUT2D eigenvalue weighted by atomic mass is 16.6. The maximum atomic E-state index is 13.1. The molecule has 0 aromatic carbocycles. The number of aromatic nitrogens is 3. The number of nitrogens with one attached hydrogen (secondary N) is 1. The fourth-order valence-electron chi connectivity index (χ4n) is 3.19. The van der Waals surface area contributed by atoms with Crippen LogP contribution in [0.3, 0.4) is 0 Å². The average molecular weight is 544 g/mol. The van der Waals surface area contributed by atoms with Crippen molar-refractivity contribution < 1.29 is 28.6 Å². The van der Waals surface area contributed by atoms with Crippen molar-refractivity contribution in [2.75, 3.05) is 4.90 Å². The highest BCUT2D eigenvalue weighted by Gasteiger charge is 2.34. The summed E-state index contributed by atoms with van der Waals surface area (Å²) < 4.78 is 17.7. The van der Waals surface area contributed by atoms with Crippen LogP contribution in [0.1, 0.15) is 88.3 Å². The molecule has 2 aromatic rings. The van der Waals surface area contributed by atoms with E-state index in [0.29, 0.717) is 12.1 Å². The van der Waals surface area contributed by atoms with Gasteiger partial charge in [0.2, 0.25) is 0 Å². The van der Waals surface area contributed by atoms with Crippen molar-refractivity contribution in [2.24, 2.45) is 5.92 Å². The quantitative estimate of drug-likeness (QED) is 0.385. The molecule has 2 aromatic heterocycles. The van der Waals surface area contributed by atoms with Gasteiger partial charge in [-0.25, -0.2) is 23.9 Å². The second-order valence-corrected chi connectivity index (χ2v) is 12.4. The van der Waals surface area contributed by atoms with E-state index in [1.165, 1.54) is 23.0 Å². The van der Waals surface area contributed by atoms with Crippen molar-refractivity contribution in [1.29, 1.82) is 0 Å². The van der Waals surface area contributed by atoms with Crippen molar-refractivity contribution >= 4 is 29.6 Å². The Morgan fingerprint density at radius 3 is 1.97 bits per heavy atom. The molecule has 0 saturated carbocycles. The Balaban J connectivity index is 2.40. The first-order valence-electron chi connectivity index (χ1n) is 12.8. The van der Waals surface area contributed by atoms with E-state index in [4.69, 9.17) is 14.2 Å². The lowest BCUT2D eigenvalue weighted by molar-refractivity contribution is 0.0427. The van der Waals surface area contributed by atoms with Gasteiger partial charge in [-0.05, 0) is 80.2 Å². The van der Waals surface area contributed by atoms with Gasteiger partial charge >= 0.3 is 18.3 Å². The van der Waals surface area contributed by atoms with E-state index < -0.39 is 35.1 Å². The number of hydrogen-bond donors (Lipinski definition) is 1. The molecule has 2 rings (SSSR count). The van der Waals surface area contributed by atoms with Crippen molar-refractivity contribution in [3.63, 3.8) is 0 Å². The zero-order chi connectivity index (χ0) is 29.8. The van der Waals surface area contributed by atoms with Gasteiger partial charge in [0, 0.05) is 12.5 Å². The van der Waals surface area contributed by atoms with E-state index in [9.17, 15) is 14.4 Å². The van der Waals surface area contributed by atoms with Gasteiger partial charge < -0.3 is 19.5 Å². The van der Waals surface area contributed by atoms with Crippen molar-refractivity contribution in [3.05, 3.63) is 24.2 Å². The van der Waals surface area contributed by atoms with Crippen LogP contribution >= 0.6 is 0 Å². The van der Waals surface area contributed by atoms with Gasteiger partial charge in [-0.2, -0.15) is 10.00 Å². The Morgan fingerprint density at radius 2 is 1.49 bits per heavy atom. The van der Waals surface area contributed by atoms with Crippen LogP contribution in [0.25, 0.3) is 5.65 Å². The lowest BCUT2D eigenvalue weighted by atomic mass is 10.0. The molecule has 0 unspecified atom stereocenters. The highest BCUT2D eigenvalue weighted by Crippen LogP contribution is 2.25. The van der Waals surface area contributed by atoms with Gasteiger partial charge in [0.1, 0.15) is 28.2 Å². The number of anilines is 1. The second-order valence-electron chi connectivity index (χ2n) is 12.4. The van der Waals surface area contributed by atoms with Gasteiger partial charge in [-0.3, -0.25) is 0 Å². The second kappa shape index (κ2) is 11.9. The number of alkyl carbamates (subject to hydrolysis) is 1. The molecule has 11 nitrogen and oxygen atoms in total. The maximum Gasteiger partial charge on any atom is 0.424 e. The minimum absolute atomic E-state index is 0.106. The average Bonchev–Trinajstić information content (AvgIpc) is 3.13. The molecule has 0 radical (unpaired) electrons. The molecule has 0 aliphatic heterocycles. The van der Waals surface area contributed by atoms with E-state index in [0.717, 1.165) is 4.90 Å². The summed E-state index contributed by atoms with van der Waals surface area (Å²) in [7, 11) is 0. The fourth-order valence-corrected chi connectivity index (χ4v) is 3.19. The molecular formula is C28H41N5O6. The number of imide groups is 1. The fraction of sp³-hybridized carbons (Fsp3) is 0.607. The largest absolute Gasteiger partial charge is 0.444 e. The van der Waals surface area contributed by atoms with E-state index in [2.05, 4.69) is 27.2 Å². The summed E-state index contributed by atoms with van der Waals surface area (Å²) in [5.41, 5.74) is -1.54. The standard InChI is InChI=1S/C28H41N5O6/c1-18(2)20(31-23(34)37-26(3,4)5)14-12-13-19-17-29-22-21(15-16-30-33(19)22)32(24(35)38-27(6,7)8)25(36)39-28(9,10)11/h15-18,20H,14H2,1-11H3,(H,31,34)/t20-/m1/s1. The molecule has 0 saturated heterocycles. The number of imidazole rings is 1. The van der Waals surface area contributed by atoms with Gasteiger partial charge in [-0.1, -0.05) is 19.8 Å². The zero-order valence-corrected chi connectivity index (χ0v) is 24.8. The van der Waals surface area contributed by atoms with Crippen molar-refractivity contribution in [1.82, 2.24) is 19.9 Å². The lowest BCUT2D eigenvalue weighted by Crippen LogP contribution is -2.44. The Bertz CT molecular complexity index is 1220. The number of amides is 3. The zero-order valence-electron chi connectivity index (χ0n) is 24.8. The van der Waals surface area contributed by atoms with Gasteiger partial charge in [0.15, 0.2) is 5.65 Å². The van der Waals surface area contributed by atoms with Crippen molar-refractivity contribution in [2.45, 2.75) is 105 Å². The topological polar surface area (TPSA) is 124 Å². The molecule has 0 aliphatic rings. The van der Waals surface area contributed by atoms with Gasteiger partial charge in [0.25, 0.3) is 0 Å². The Hall–Kier alpha value is -3.81. The van der Waals surface area contributed by atoms with Gasteiger partial charge in [0.05, 0.1) is 12.4 Å². The van der Waals surface area contributed by atoms with Crippen LogP contribution in [0.2, 0.25) is 0 Å². The van der Waals surface area contributed by atoms with Crippen LogP contribution in [0.4, 0.5) is 20.1 Å². The first kappa shape index (κ1) is 31.4. The van der Waals surface area contributed by atoms with E-state index in [-0.39, 0.29) is 23.3 Å². The molecule has 3 amide bonds. The number of nitrogens with zero attached hydrogens (tertiary/aromatic N) is 4. The van der Waals surface area contributed by atoms with E-state index >= 15 is 0 Å². The molecule has 39 heavy (non-hydrogen) atoms. The summed E-state index contributed by atoms with van der Waals surface area (Å²) in [6.45, 7) is 19.6. The Kier molecular flexibility index (Phi) is 9.61.